The highest BCUT2D eigenvalue weighted by Crippen LogP contribution is 2.18. The smallest absolute Gasteiger partial charge is 0.254 e. The van der Waals surface area contributed by atoms with Gasteiger partial charge in [-0.1, -0.05) is 61.2 Å². The molecule has 0 saturated carbocycles. The molecule has 2 heterocycles. The molecule has 0 aliphatic carbocycles. The van der Waals surface area contributed by atoms with Crippen molar-refractivity contribution in [2.24, 2.45) is 0 Å². The Bertz CT molecular complexity index is 1030. The Morgan fingerprint density at radius 1 is 0.933 bits per heavy atom. The van der Waals surface area contributed by atoms with Crippen LogP contribution in [0.4, 0.5) is 0 Å². The van der Waals surface area contributed by atoms with Gasteiger partial charge in [0.25, 0.3) is 5.56 Å². The maximum Gasteiger partial charge on any atom is 0.254 e. The molecule has 154 valence electrons. The van der Waals surface area contributed by atoms with Gasteiger partial charge in [0.15, 0.2) is 0 Å². The molecule has 30 heavy (non-hydrogen) atoms. The van der Waals surface area contributed by atoms with E-state index in [1.165, 1.54) is 37.6 Å². The third kappa shape index (κ3) is 5.28. The lowest BCUT2D eigenvalue weighted by atomic mass is 10.0. The number of allylic oxidation sites excluding steroid dienone is 1. The predicted octanol–water partition coefficient (Wildman–Crippen LogP) is 4.74. The zero-order valence-electron chi connectivity index (χ0n) is 17.3. The third-order valence-corrected chi connectivity index (χ3v) is 5.54. The van der Waals surface area contributed by atoms with Crippen molar-refractivity contribution in [3.8, 4) is 5.75 Å². The Morgan fingerprint density at radius 2 is 1.67 bits per heavy atom. The van der Waals surface area contributed by atoms with Crippen molar-refractivity contribution in [3.05, 3.63) is 107 Å². The highest BCUT2D eigenvalue weighted by molar-refractivity contribution is 5.63. The van der Waals surface area contributed by atoms with Crippen LogP contribution < -0.4 is 10.3 Å². The number of likely N-dealkylation sites (tertiary alicyclic amines) is 1. The first-order valence-electron chi connectivity index (χ1n) is 10.5. The molecular weight excluding hydrogens is 372 g/mol. The zero-order chi connectivity index (χ0) is 20.8. The summed E-state index contributed by atoms with van der Waals surface area (Å²) < 4.78 is 7.41. The van der Waals surface area contributed by atoms with Gasteiger partial charge in [0, 0.05) is 18.8 Å². The summed E-state index contributed by atoms with van der Waals surface area (Å²) in [5, 5.41) is 0. The summed E-state index contributed by atoms with van der Waals surface area (Å²) in [5.41, 5.74) is 4.29. The van der Waals surface area contributed by atoms with Crippen molar-refractivity contribution >= 4 is 5.57 Å². The van der Waals surface area contributed by atoms with Crippen LogP contribution in [0.3, 0.4) is 0 Å². The number of aromatic nitrogens is 1. The maximum absolute atomic E-state index is 12.5. The van der Waals surface area contributed by atoms with Gasteiger partial charge in [-0.2, -0.15) is 0 Å². The minimum Gasteiger partial charge on any atom is -0.489 e. The number of rotatable bonds is 8. The molecule has 4 rings (SSSR count). The van der Waals surface area contributed by atoms with Crippen LogP contribution in [0.15, 0.2) is 84.3 Å². The fraction of sp³-hybridized carbons (Fsp3) is 0.269. The van der Waals surface area contributed by atoms with E-state index in [9.17, 15) is 4.79 Å². The van der Waals surface area contributed by atoms with E-state index in [1.54, 1.807) is 10.8 Å². The summed E-state index contributed by atoms with van der Waals surface area (Å²) in [7, 11) is 0. The van der Waals surface area contributed by atoms with Gasteiger partial charge in [-0.25, -0.2) is 0 Å². The Hall–Kier alpha value is -3.11. The van der Waals surface area contributed by atoms with Crippen molar-refractivity contribution in [2.75, 3.05) is 13.1 Å². The summed E-state index contributed by atoms with van der Waals surface area (Å²) >= 11 is 0. The second kappa shape index (κ2) is 9.59. The van der Waals surface area contributed by atoms with Crippen molar-refractivity contribution in [2.45, 2.75) is 32.5 Å². The Labute approximate surface area is 178 Å². The van der Waals surface area contributed by atoms with Crippen LogP contribution in [0.5, 0.6) is 5.75 Å². The number of ether oxygens (including phenoxy) is 1. The first-order valence-corrected chi connectivity index (χ1v) is 10.5. The second-order valence-corrected chi connectivity index (χ2v) is 7.89. The van der Waals surface area contributed by atoms with Gasteiger partial charge in [0.2, 0.25) is 0 Å². The van der Waals surface area contributed by atoms with Crippen molar-refractivity contribution < 1.29 is 4.74 Å². The number of hydrogen-bond acceptors (Lipinski definition) is 3. The highest BCUT2D eigenvalue weighted by Gasteiger charge is 2.11. The molecule has 0 bridgehead atoms. The first kappa shape index (κ1) is 20.2. The molecule has 0 unspecified atom stereocenters. The van der Waals surface area contributed by atoms with Gasteiger partial charge in [0.1, 0.15) is 12.4 Å². The van der Waals surface area contributed by atoms with Gasteiger partial charge in [-0.15, -0.1) is 0 Å². The third-order valence-electron chi connectivity index (χ3n) is 5.54. The minimum atomic E-state index is -0.0904. The van der Waals surface area contributed by atoms with E-state index in [0.717, 1.165) is 23.2 Å². The molecule has 1 saturated heterocycles. The zero-order valence-corrected chi connectivity index (χ0v) is 17.3. The van der Waals surface area contributed by atoms with Crippen LogP contribution in [-0.2, 0) is 19.7 Å². The molecule has 0 radical (unpaired) electrons. The predicted molar refractivity (Wildman–Crippen MR) is 121 cm³/mol. The summed E-state index contributed by atoms with van der Waals surface area (Å²) in [5.74, 6) is 0.581. The van der Waals surface area contributed by atoms with E-state index in [1.807, 2.05) is 36.4 Å². The molecule has 1 fully saturated rings. The molecule has 1 aliphatic rings. The van der Waals surface area contributed by atoms with Crippen molar-refractivity contribution in [3.63, 3.8) is 0 Å². The summed E-state index contributed by atoms with van der Waals surface area (Å²) in [4.78, 5) is 15.0. The van der Waals surface area contributed by atoms with E-state index in [4.69, 9.17) is 4.74 Å². The first-order chi connectivity index (χ1) is 14.7. The van der Waals surface area contributed by atoms with E-state index >= 15 is 0 Å². The molecule has 0 amide bonds. The molecule has 4 heteroatoms. The SMILES string of the molecule is C=C(Cn1ccc(OCc2ccccc2)cc1=O)c1ccc(CN2CCCC2)cc1. The average Bonchev–Trinajstić information content (AvgIpc) is 3.28. The van der Waals surface area contributed by atoms with E-state index in [-0.39, 0.29) is 5.56 Å². The largest absolute Gasteiger partial charge is 0.489 e. The Morgan fingerprint density at radius 3 is 2.37 bits per heavy atom. The van der Waals surface area contributed by atoms with Crippen LogP contribution in [0.2, 0.25) is 0 Å². The molecule has 1 aromatic heterocycles. The fourth-order valence-corrected chi connectivity index (χ4v) is 3.79. The van der Waals surface area contributed by atoms with Gasteiger partial charge in [-0.3, -0.25) is 9.69 Å². The van der Waals surface area contributed by atoms with E-state index in [2.05, 4.69) is 35.7 Å². The lowest BCUT2D eigenvalue weighted by Crippen LogP contribution is -2.19. The number of pyridine rings is 1. The monoisotopic (exact) mass is 400 g/mol. The standard InChI is InChI=1S/C26H28N2O2/c1-21(24-11-9-22(10-12-24)19-27-14-5-6-15-27)18-28-16-13-25(17-26(28)29)30-20-23-7-3-2-4-8-23/h2-4,7-13,16-17H,1,5-6,14-15,18-20H2. The molecule has 2 aromatic carbocycles. The Kier molecular flexibility index (Phi) is 6.45. The number of benzene rings is 2. The summed E-state index contributed by atoms with van der Waals surface area (Å²) in [6.07, 6.45) is 4.38. The van der Waals surface area contributed by atoms with Gasteiger partial charge in [-0.05, 0) is 54.3 Å². The Balaban J connectivity index is 1.35. The quantitative estimate of drug-likeness (QED) is 0.548. The van der Waals surface area contributed by atoms with Crippen LogP contribution in [0.25, 0.3) is 5.57 Å². The molecule has 0 spiro atoms. The topological polar surface area (TPSA) is 34.5 Å². The van der Waals surface area contributed by atoms with Gasteiger partial charge >= 0.3 is 0 Å². The van der Waals surface area contributed by atoms with Gasteiger partial charge < -0.3 is 9.30 Å². The van der Waals surface area contributed by atoms with Crippen molar-refractivity contribution in [1.29, 1.82) is 0 Å². The summed E-state index contributed by atoms with van der Waals surface area (Å²) in [6.45, 7) is 8.50. The maximum atomic E-state index is 12.5. The lowest BCUT2D eigenvalue weighted by molar-refractivity contribution is 0.305. The lowest BCUT2D eigenvalue weighted by Gasteiger charge is -2.15. The normalized spacial score (nSPS) is 14.0. The molecule has 1 aliphatic heterocycles. The molecule has 4 nitrogen and oxygen atoms in total. The van der Waals surface area contributed by atoms with Gasteiger partial charge in [0.05, 0.1) is 6.54 Å². The van der Waals surface area contributed by atoms with E-state index in [0.29, 0.717) is 18.9 Å². The number of nitrogens with zero attached hydrogens (tertiary/aromatic N) is 2. The minimum absolute atomic E-state index is 0.0904. The van der Waals surface area contributed by atoms with Crippen molar-refractivity contribution in [1.82, 2.24) is 9.47 Å². The molecule has 0 N–H and O–H groups in total. The second-order valence-electron chi connectivity index (χ2n) is 7.89. The van der Waals surface area contributed by atoms with Crippen LogP contribution >= 0.6 is 0 Å². The summed E-state index contributed by atoms with van der Waals surface area (Å²) in [6, 6.07) is 21.8. The van der Waals surface area contributed by atoms with Crippen LogP contribution in [-0.4, -0.2) is 22.6 Å². The van der Waals surface area contributed by atoms with Crippen LogP contribution in [0, 0.1) is 0 Å². The fourth-order valence-electron chi connectivity index (χ4n) is 3.79. The molecule has 0 atom stereocenters. The highest BCUT2D eigenvalue weighted by atomic mass is 16.5. The number of hydrogen-bond donors (Lipinski definition) is 0. The van der Waals surface area contributed by atoms with Crippen LogP contribution in [0.1, 0.15) is 29.5 Å². The van der Waals surface area contributed by atoms with E-state index < -0.39 is 0 Å². The average molecular weight is 401 g/mol. The molecule has 3 aromatic rings. The molecular formula is C26H28N2O2.